The minimum atomic E-state index is -0.648. The van der Waals surface area contributed by atoms with Crippen molar-refractivity contribution >= 4 is 69.4 Å². The molecule has 0 bridgehead atoms. The number of rotatable bonds is 11. The Kier molecular flexibility index (Phi) is 10.7. The molecule has 0 radical (unpaired) electrons. The first kappa shape index (κ1) is 32.7. The van der Waals surface area contributed by atoms with Gasteiger partial charge in [0.05, 0.1) is 29.5 Å². The molecule has 0 aromatic heterocycles. The lowest BCUT2D eigenvalue weighted by Crippen LogP contribution is -2.45. The molecule has 46 heavy (non-hydrogen) atoms. The summed E-state index contributed by atoms with van der Waals surface area (Å²) in [6, 6.07) is 23.6. The molecular formula is C34H30Cl2N4O5S. The van der Waals surface area contributed by atoms with Crippen LogP contribution in [-0.2, 0) is 20.9 Å². The highest BCUT2D eigenvalue weighted by Crippen LogP contribution is 2.34. The van der Waals surface area contributed by atoms with Gasteiger partial charge >= 0.3 is 5.97 Å². The van der Waals surface area contributed by atoms with Gasteiger partial charge in [0.25, 0.3) is 5.91 Å². The highest BCUT2D eigenvalue weighted by atomic mass is 35.5. The van der Waals surface area contributed by atoms with Crippen LogP contribution in [0, 0.1) is 0 Å². The Morgan fingerprint density at radius 3 is 2.61 bits per heavy atom. The Labute approximate surface area is 281 Å². The van der Waals surface area contributed by atoms with Crippen molar-refractivity contribution in [3.8, 4) is 11.5 Å². The molecule has 1 amide bonds. The second kappa shape index (κ2) is 15.1. The summed E-state index contributed by atoms with van der Waals surface area (Å²) in [6.45, 7) is 3.59. The molecule has 0 saturated heterocycles. The average molecular weight is 678 g/mol. The molecule has 1 aliphatic rings. The SMILES string of the molecule is CCOC(=O)C1=C(C)NC(=S)N[C@@H]1c1ccccc1OCC(=O)NN=Cc1cc(Cl)cc(Cl)c1OCc1cccc2ccccc12. The fourth-order valence-electron chi connectivity index (χ4n) is 5.00. The van der Waals surface area contributed by atoms with Gasteiger partial charge in [-0.2, -0.15) is 5.10 Å². The predicted molar refractivity (Wildman–Crippen MR) is 183 cm³/mol. The van der Waals surface area contributed by atoms with E-state index in [0.29, 0.717) is 49.1 Å². The van der Waals surface area contributed by atoms with Crippen molar-refractivity contribution in [3.63, 3.8) is 0 Å². The zero-order valence-corrected chi connectivity index (χ0v) is 27.3. The third-order valence-corrected chi connectivity index (χ3v) is 7.75. The Balaban J connectivity index is 1.26. The Morgan fingerprint density at radius 2 is 1.78 bits per heavy atom. The number of carbonyl (C=O) groups excluding carboxylic acids is 2. The van der Waals surface area contributed by atoms with Crippen LogP contribution < -0.4 is 25.5 Å². The maximum absolute atomic E-state index is 12.8. The molecule has 0 spiro atoms. The van der Waals surface area contributed by atoms with Gasteiger partial charge in [0.15, 0.2) is 11.7 Å². The van der Waals surface area contributed by atoms with Gasteiger partial charge in [0.1, 0.15) is 18.1 Å². The van der Waals surface area contributed by atoms with Gasteiger partial charge in [-0.05, 0) is 60.6 Å². The first-order chi connectivity index (χ1) is 22.2. The van der Waals surface area contributed by atoms with E-state index in [1.807, 2.05) is 42.5 Å². The van der Waals surface area contributed by atoms with Crippen molar-refractivity contribution in [2.24, 2.45) is 5.10 Å². The second-order valence-electron chi connectivity index (χ2n) is 10.1. The number of carbonyl (C=O) groups is 2. The van der Waals surface area contributed by atoms with Gasteiger partial charge in [-0.25, -0.2) is 10.2 Å². The standard InChI is InChI=1S/C34H30Cl2N4O5S/c1-3-43-33(42)30-20(2)38-34(46)39-31(30)26-13-6-7-14-28(26)44-19-29(41)40-37-17-23-15-24(35)16-27(36)32(23)45-18-22-11-8-10-21-9-4-5-12-25(21)22/h4-17,31H,3,18-19H2,1-2H3,(H,40,41)(H2,38,39,46)/t31-/m1/s1. The fraction of sp³-hybridized carbons (Fsp3) is 0.176. The lowest BCUT2D eigenvalue weighted by molar-refractivity contribution is -0.139. The number of nitrogens with one attached hydrogen (secondary N) is 3. The number of para-hydroxylation sites is 1. The summed E-state index contributed by atoms with van der Waals surface area (Å²) in [5, 5.41) is 13.3. The van der Waals surface area contributed by atoms with Crippen molar-refractivity contribution in [2.45, 2.75) is 26.5 Å². The Morgan fingerprint density at radius 1 is 1.02 bits per heavy atom. The van der Waals surface area contributed by atoms with Crippen molar-refractivity contribution < 1.29 is 23.8 Å². The van der Waals surface area contributed by atoms with E-state index in [2.05, 4.69) is 21.2 Å². The number of fused-ring (bicyclic) bond motifs is 1. The van der Waals surface area contributed by atoms with Crippen molar-refractivity contribution in [3.05, 3.63) is 117 Å². The van der Waals surface area contributed by atoms with Gasteiger partial charge in [0.2, 0.25) is 0 Å². The lowest BCUT2D eigenvalue weighted by atomic mass is 9.95. The van der Waals surface area contributed by atoms with Crippen LogP contribution in [0.1, 0.15) is 36.6 Å². The molecule has 12 heteroatoms. The molecule has 0 unspecified atom stereocenters. The molecule has 0 fully saturated rings. The van der Waals surface area contributed by atoms with E-state index < -0.39 is 17.9 Å². The second-order valence-corrected chi connectivity index (χ2v) is 11.4. The molecule has 3 N–H and O–H groups in total. The van der Waals surface area contributed by atoms with Gasteiger partial charge < -0.3 is 24.8 Å². The number of esters is 1. The number of thiocarbonyl (C=S) groups is 1. The number of benzene rings is 4. The molecule has 1 heterocycles. The summed E-state index contributed by atoms with van der Waals surface area (Å²) in [6.07, 6.45) is 1.40. The van der Waals surface area contributed by atoms with Crippen LogP contribution in [0.15, 0.2) is 95.2 Å². The predicted octanol–water partition coefficient (Wildman–Crippen LogP) is 6.61. The normalized spacial score (nSPS) is 14.5. The van der Waals surface area contributed by atoms with Gasteiger partial charge in [-0.1, -0.05) is 83.9 Å². The quantitative estimate of drug-likeness (QED) is 0.0705. The molecule has 0 saturated carbocycles. The summed E-state index contributed by atoms with van der Waals surface area (Å²) < 4.78 is 17.3. The number of hydrogen-bond acceptors (Lipinski definition) is 7. The van der Waals surface area contributed by atoms with Crippen molar-refractivity contribution in [1.29, 1.82) is 0 Å². The maximum Gasteiger partial charge on any atom is 0.338 e. The van der Waals surface area contributed by atoms with Crippen molar-refractivity contribution in [1.82, 2.24) is 16.1 Å². The van der Waals surface area contributed by atoms with Crippen LogP contribution >= 0.6 is 35.4 Å². The Bertz CT molecular complexity index is 1860. The van der Waals surface area contributed by atoms with Crippen LogP contribution in [0.5, 0.6) is 11.5 Å². The number of allylic oxidation sites excluding steroid dienone is 1. The largest absolute Gasteiger partial charge is 0.487 e. The molecule has 5 rings (SSSR count). The first-order valence-corrected chi connectivity index (χ1v) is 15.5. The van der Waals surface area contributed by atoms with Crippen LogP contribution in [-0.4, -0.2) is 36.4 Å². The fourth-order valence-corrected chi connectivity index (χ4v) is 5.84. The highest BCUT2D eigenvalue weighted by molar-refractivity contribution is 7.80. The maximum atomic E-state index is 12.8. The van der Waals surface area contributed by atoms with Gasteiger partial charge in [-0.15, -0.1) is 0 Å². The Hall–Kier alpha value is -4.64. The van der Waals surface area contributed by atoms with E-state index in [0.717, 1.165) is 16.3 Å². The van der Waals surface area contributed by atoms with Gasteiger partial charge in [0, 0.05) is 21.8 Å². The minimum Gasteiger partial charge on any atom is -0.487 e. The number of nitrogens with zero attached hydrogens (tertiary/aromatic N) is 1. The van der Waals surface area contributed by atoms with E-state index in [1.165, 1.54) is 6.21 Å². The number of hydrazone groups is 1. The number of amides is 1. The summed E-state index contributed by atoms with van der Waals surface area (Å²) in [5.74, 6) is -0.265. The first-order valence-electron chi connectivity index (χ1n) is 14.3. The van der Waals surface area contributed by atoms with Crippen LogP contribution in [0.2, 0.25) is 10.0 Å². The monoisotopic (exact) mass is 676 g/mol. The highest BCUT2D eigenvalue weighted by Gasteiger charge is 2.32. The summed E-state index contributed by atoms with van der Waals surface area (Å²) >= 11 is 18.1. The third-order valence-electron chi connectivity index (χ3n) is 7.04. The zero-order valence-electron chi connectivity index (χ0n) is 24.9. The average Bonchev–Trinajstić information content (AvgIpc) is 3.03. The molecule has 236 valence electrons. The molecule has 1 aliphatic heterocycles. The van der Waals surface area contributed by atoms with Crippen LogP contribution in [0.25, 0.3) is 10.8 Å². The molecule has 4 aromatic carbocycles. The summed E-state index contributed by atoms with van der Waals surface area (Å²) in [4.78, 5) is 25.5. The number of halogens is 2. The lowest BCUT2D eigenvalue weighted by Gasteiger charge is -2.30. The third kappa shape index (κ3) is 7.77. The zero-order chi connectivity index (χ0) is 32.6. The summed E-state index contributed by atoms with van der Waals surface area (Å²) in [7, 11) is 0. The van der Waals surface area contributed by atoms with Crippen molar-refractivity contribution in [2.75, 3.05) is 13.2 Å². The molecule has 1 atom stereocenters. The molecule has 4 aromatic rings. The van der Waals surface area contributed by atoms with E-state index in [9.17, 15) is 9.59 Å². The molecular weight excluding hydrogens is 647 g/mol. The summed E-state index contributed by atoms with van der Waals surface area (Å²) in [5.41, 5.74) is 5.45. The number of hydrogen-bond donors (Lipinski definition) is 3. The van der Waals surface area contributed by atoms with E-state index in [-0.39, 0.29) is 19.8 Å². The van der Waals surface area contributed by atoms with E-state index in [1.54, 1.807) is 50.2 Å². The molecule has 0 aliphatic carbocycles. The smallest absolute Gasteiger partial charge is 0.338 e. The number of ether oxygens (including phenoxy) is 3. The minimum absolute atomic E-state index is 0.213. The molecule has 9 nitrogen and oxygen atoms in total. The van der Waals surface area contributed by atoms with E-state index in [4.69, 9.17) is 49.6 Å². The van der Waals surface area contributed by atoms with E-state index >= 15 is 0 Å². The topological polar surface area (TPSA) is 110 Å². The van der Waals surface area contributed by atoms with Gasteiger partial charge in [-0.3, -0.25) is 4.79 Å². The van der Waals surface area contributed by atoms with Crippen LogP contribution in [0.3, 0.4) is 0 Å². The van der Waals surface area contributed by atoms with Crippen LogP contribution in [0.4, 0.5) is 0 Å².